The highest BCUT2D eigenvalue weighted by Crippen LogP contribution is 2.20. The van der Waals surface area contributed by atoms with Gasteiger partial charge in [0.25, 0.3) is 0 Å². The molecule has 1 atom stereocenters. The fraction of sp³-hybridized carbons (Fsp3) is 0.667. The standard InChI is InChI=1S/C18H30N2O2/c1-15-11-18(22-3)7-6-17(15)14-19(2)12-16-5-4-8-20(13-16)9-10-21/h6-7,11,16,21H,4-5,8-10,12-14H2,1-3H3/t16-/m1/s1. The zero-order valence-electron chi connectivity index (χ0n) is 14.2. The molecule has 0 saturated carbocycles. The molecule has 22 heavy (non-hydrogen) atoms. The molecule has 0 radical (unpaired) electrons. The van der Waals surface area contributed by atoms with Crippen LogP contribution in [0.3, 0.4) is 0 Å². The van der Waals surface area contributed by atoms with Crippen molar-refractivity contribution in [2.45, 2.75) is 26.3 Å². The molecule has 0 spiro atoms. The van der Waals surface area contributed by atoms with Gasteiger partial charge in [-0.15, -0.1) is 0 Å². The molecular weight excluding hydrogens is 276 g/mol. The van der Waals surface area contributed by atoms with Crippen LogP contribution in [-0.2, 0) is 6.54 Å². The van der Waals surface area contributed by atoms with Crippen LogP contribution in [0.4, 0.5) is 0 Å². The summed E-state index contributed by atoms with van der Waals surface area (Å²) in [5.41, 5.74) is 2.66. The van der Waals surface area contributed by atoms with Gasteiger partial charge in [-0.3, -0.25) is 0 Å². The fourth-order valence-corrected chi connectivity index (χ4v) is 3.41. The Morgan fingerprint density at radius 2 is 2.23 bits per heavy atom. The Hall–Kier alpha value is -1.10. The van der Waals surface area contributed by atoms with Crippen molar-refractivity contribution in [1.29, 1.82) is 0 Å². The SMILES string of the molecule is COc1ccc(CN(C)C[C@H]2CCCN(CCO)C2)c(C)c1. The second-order valence-electron chi connectivity index (χ2n) is 6.52. The summed E-state index contributed by atoms with van der Waals surface area (Å²) in [5.74, 6) is 1.64. The molecule has 0 aliphatic carbocycles. The summed E-state index contributed by atoms with van der Waals surface area (Å²) < 4.78 is 5.27. The van der Waals surface area contributed by atoms with Crippen LogP contribution >= 0.6 is 0 Å². The number of benzene rings is 1. The van der Waals surface area contributed by atoms with Gasteiger partial charge >= 0.3 is 0 Å². The third kappa shape index (κ3) is 4.97. The molecule has 4 heteroatoms. The van der Waals surface area contributed by atoms with Crippen LogP contribution in [-0.4, -0.2) is 61.8 Å². The topological polar surface area (TPSA) is 35.9 Å². The number of ether oxygens (including phenoxy) is 1. The van der Waals surface area contributed by atoms with Crippen molar-refractivity contribution in [2.24, 2.45) is 5.92 Å². The molecular formula is C18H30N2O2. The lowest BCUT2D eigenvalue weighted by molar-refractivity contribution is 0.119. The van der Waals surface area contributed by atoms with Gasteiger partial charge in [-0.05, 0) is 62.5 Å². The maximum absolute atomic E-state index is 9.09. The van der Waals surface area contributed by atoms with Crippen molar-refractivity contribution >= 4 is 0 Å². The van der Waals surface area contributed by atoms with Crippen LogP contribution in [0.25, 0.3) is 0 Å². The monoisotopic (exact) mass is 306 g/mol. The van der Waals surface area contributed by atoms with E-state index in [1.165, 1.54) is 24.0 Å². The quantitative estimate of drug-likeness (QED) is 0.837. The molecule has 1 saturated heterocycles. The fourth-order valence-electron chi connectivity index (χ4n) is 3.41. The Bertz CT molecular complexity index is 462. The number of β-amino-alcohol motifs (C(OH)–C–C–N with tert-alkyl or cyclic N) is 1. The largest absolute Gasteiger partial charge is 0.497 e. The molecule has 2 rings (SSSR count). The first-order chi connectivity index (χ1) is 10.6. The summed E-state index contributed by atoms with van der Waals surface area (Å²) in [5, 5.41) is 9.09. The minimum absolute atomic E-state index is 0.271. The third-order valence-electron chi connectivity index (χ3n) is 4.58. The van der Waals surface area contributed by atoms with E-state index in [1.54, 1.807) is 7.11 Å². The van der Waals surface area contributed by atoms with Crippen molar-refractivity contribution in [3.63, 3.8) is 0 Å². The van der Waals surface area contributed by atoms with E-state index < -0.39 is 0 Å². The summed E-state index contributed by atoms with van der Waals surface area (Å²) >= 11 is 0. The number of likely N-dealkylation sites (tertiary alicyclic amines) is 1. The van der Waals surface area contributed by atoms with Gasteiger partial charge in [-0.1, -0.05) is 6.07 Å². The number of hydrogen-bond acceptors (Lipinski definition) is 4. The number of aryl methyl sites for hydroxylation is 1. The second-order valence-corrected chi connectivity index (χ2v) is 6.52. The van der Waals surface area contributed by atoms with Crippen molar-refractivity contribution in [2.75, 3.05) is 46.9 Å². The highest BCUT2D eigenvalue weighted by atomic mass is 16.5. The lowest BCUT2D eigenvalue weighted by Gasteiger charge is -2.34. The number of aliphatic hydroxyl groups is 1. The minimum Gasteiger partial charge on any atom is -0.497 e. The van der Waals surface area contributed by atoms with E-state index in [0.717, 1.165) is 38.5 Å². The van der Waals surface area contributed by atoms with Crippen molar-refractivity contribution < 1.29 is 9.84 Å². The molecule has 1 heterocycles. The average Bonchev–Trinajstić information content (AvgIpc) is 2.50. The molecule has 1 fully saturated rings. The molecule has 1 aliphatic heterocycles. The van der Waals surface area contributed by atoms with Gasteiger partial charge in [-0.25, -0.2) is 0 Å². The number of aliphatic hydroxyl groups excluding tert-OH is 1. The zero-order valence-corrected chi connectivity index (χ0v) is 14.2. The zero-order chi connectivity index (χ0) is 15.9. The normalized spacial score (nSPS) is 19.6. The summed E-state index contributed by atoms with van der Waals surface area (Å²) in [6, 6.07) is 6.32. The van der Waals surface area contributed by atoms with E-state index in [1.807, 2.05) is 6.07 Å². The van der Waals surface area contributed by atoms with E-state index in [-0.39, 0.29) is 6.61 Å². The van der Waals surface area contributed by atoms with Gasteiger partial charge in [0, 0.05) is 26.2 Å². The first-order valence-electron chi connectivity index (χ1n) is 8.27. The van der Waals surface area contributed by atoms with Crippen LogP contribution in [0.1, 0.15) is 24.0 Å². The molecule has 0 bridgehead atoms. The van der Waals surface area contributed by atoms with Crippen LogP contribution in [0, 0.1) is 12.8 Å². The second kappa shape index (κ2) is 8.51. The van der Waals surface area contributed by atoms with E-state index in [9.17, 15) is 0 Å². The summed E-state index contributed by atoms with van der Waals surface area (Å²) in [7, 11) is 3.91. The number of rotatable bonds is 7. The summed E-state index contributed by atoms with van der Waals surface area (Å²) in [4.78, 5) is 4.81. The Morgan fingerprint density at radius 1 is 1.41 bits per heavy atom. The molecule has 0 amide bonds. The predicted octanol–water partition coefficient (Wildman–Crippen LogP) is 2.14. The number of nitrogens with zero attached hydrogens (tertiary/aromatic N) is 2. The first-order valence-corrected chi connectivity index (χ1v) is 8.27. The Kier molecular flexibility index (Phi) is 6.68. The van der Waals surface area contributed by atoms with E-state index in [2.05, 4.69) is 35.9 Å². The van der Waals surface area contributed by atoms with Crippen LogP contribution in [0.2, 0.25) is 0 Å². The van der Waals surface area contributed by atoms with Gasteiger partial charge in [0.05, 0.1) is 13.7 Å². The molecule has 0 aromatic heterocycles. The van der Waals surface area contributed by atoms with Crippen LogP contribution < -0.4 is 4.74 Å². The van der Waals surface area contributed by atoms with E-state index in [0.29, 0.717) is 5.92 Å². The Morgan fingerprint density at radius 3 is 2.91 bits per heavy atom. The van der Waals surface area contributed by atoms with Crippen LogP contribution in [0.5, 0.6) is 5.75 Å². The lowest BCUT2D eigenvalue weighted by atomic mass is 9.97. The van der Waals surface area contributed by atoms with Crippen molar-refractivity contribution in [3.05, 3.63) is 29.3 Å². The third-order valence-corrected chi connectivity index (χ3v) is 4.58. The summed E-state index contributed by atoms with van der Waals surface area (Å²) in [6.45, 7) is 7.59. The smallest absolute Gasteiger partial charge is 0.119 e. The highest BCUT2D eigenvalue weighted by molar-refractivity contribution is 5.34. The molecule has 1 aromatic rings. The minimum atomic E-state index is 0.271. The molecule has 1 aliphatic rings. The van der Waals surface area contributed by atoms with Crippen molar-refractivity contribution in [3.8, 4) is 5.75 Å². The maximum Gasteiger partial charge on any atom is 0.119 e. The predicted molar refractivity (Wildman–Crippen MR) is 90.3 cm³/mol. The average molecular weight is 306 g/mol. The van der Waals surface area contributed by atoms with Gasteiger partial charge in [0.1, 0.15) is 5.75 Å². The Labute approximate surface area is 134 Å². The lowest BCUT2D eigenvalue weighted by Crippen LogP contribution is -2.41. The maximum atomic E-state index is 9.09. The van der Waals surface area contributed by atoms with Gasteiger partial charge in [0.15, 0.2) is 0 Å². The van der Waals surface area contributed by atoms with Crippen LogP contribution in [0.15, 0.2) is 18.2 Å². The van der Waals surface area contributed by atoms with E-state index >= 15 is 0 Å². The number of methoxy groups -OCH3 is 1. The van der Waals surface area contributed by atoms with Gasteiger partial charge < -0.3 is 19.6 Å². The van der Waals surface area contributed by atoms with Crippen molar-refractivity contribution in [1.82, 2.24) is 9.80 Å². The number of hydrogen-bond donors (Lipinski definition) is 1. The molecule has 4 nitrogen and oxygen atoms in total. The molecule has 1 N–H and O–H groups in total. The highest BCUT2D eigenvalue weighted by Gasteiger charge is 2.20. The van der Waals surface area contributed by atoms with E-state index in [4.69, 9.17) is 9.84 Å². The van der Waals surface area contributed by atoms with Gasteiger partial charge in [-0.2, -0.15) is 0 Å². The molecule has 1 aromatic carbocycles. The summed E-state index contributed by atoms with van der Waals surface area (Å²) in [6.07, 6.45) is 2.55. The molecule has 0 unspecified atom stereocenters. The number of piperidine rings is 1. The van der Waals surface area contributed by atoms with Gasteiger partial charge in [0.2, 0.25) is 0 Å². The first kappa shape index (κ1) is 17.3. The Balaban J connectivity index is 1.85. The molecule has 124 valence electrons.